The highest BCUT2D eigenvalue weighted by Gasteiger charge is 2.20. The SMILES string of the molecule is COCC(O)CN(C)C(CN)c1ccco1. The van der Waals surface area contributed by atoms with Gasteiger partial charge >= 0.3 is 0 Å². The van der Waals surface area contributed by atoms with Crippen molar-refractivity contribution in [2.45, 2.75) is 12.1 Å². The van der Waals surface area contributed by atoms with Crippen molar-refractivity contribution >= 4 is 0 Å². The third-order valence-electron chi connectivity index (χ3n) is 2.48. The van der Waals surface area contributed by atoms with E-state index in [4.69, 9.17) is 14.9 Å². The maximum absolute atomic E-state index is 9.62. The highest BCUT2D eigenvalue weighted by atomic mass is 16.5. The molecule has 0 radical (unpaired) electrons. The molecule has 0 fully saturated rings. The topological polar surface area (TPSA) is 71.9 Å². The Morgan fingerprint density at radius 1 is 1.62 bits per heavy atom. The molecular weight excluding hydrogens is 208 g/mol. The van der Waals surface area contributed by atoms with Crippen molar-refractivity contribution in [2.75, 3.05) is 33.9 Å². The second-order valence-electron chi connectivity index (χ2n) is 3.82. The third-order valence-corrected chi connectivity index (χ3v) is 2.48. The maximum Gasteiger partial charge on any atom is 0.122 e. The molecular formula is C11H20N2O3. The number of likely N-dealkylation sites (N-methyl/N-ethyl adjacent to an activating group) is 1. The van der Waals surface area contributed by atoms with Crippen molar-refractivity contribution in [1.29, 1.82) is 0 Å². The van der Waals surface area contributed by atoms with Gasteiger partial charge in [-0.1, -0.05) is 0 Å². The van der Waals surface area contributed by atoms with Gasteiger partial charge in [-0.25, -0.2) is 0 Å². The summed E-state index contributed by atoms with van der Waals surface area (Å²) in [6, 6.07) is 3.70. The van der Waals surface area contributed by atoms with Crippen LogP contribution in [0, 0.1) is 0 Å². The lowest BCUT2D eigenvalue weighted by Gasteiger charge is -2.27. The molecule has 0 spiro atoms. The highest BCUT2D eigenvalue weighted by Crippen LogP contribution is 2.18. The zero-order chi connectivity index (χ0) is 12.0. The second kappa shape index (κ2) is 6.65. The van der Waals surface area contributed by atoms with Crippen LogP contribution in [0.2, 0.25) is 0 Å². The van der Waals surface area contributed by atoms with Crippen molar-refractivity contribution in [3.63, 3.8) is 0 Å². The predicted molar refractivity (Wildman–Crippen MR) is 61.0 cm³/mol. The molecule has 0 amide bonds. The van der Waals surface area contributed by atoms with E-state index >= 15 is 0 Å². The van der Waals surface area contributed by atoms with Crippen LogP contribution in [0.3, 0.4) is 0 Å². The van der Waals surface area contributed by atoms with Crippen molar-refractivity contribution in [3.05, 3.63) is 24.2 Å². The molecule has 1 rings (SSSR count). The van der Waals surface area contributed by atoms with Gasteiger partial charge in [0.15, 0.2) is 0 Å². The first-order valence-electron chi connectivity index (χ1n) is 5.29. The molecule has 2 unspecified atom stereocenters. The Bertz CT molecular complexity index is 277. The molecule has 5 nitrogen and oxygen atoms in total. The monoisotopic (exact) mass is 228 g/mol. The number of aliphatic hydroxyl groups excluding tert-OH is 1. The number of hydrogen-bond acceptors (Lipinski definition) is 5. The molecule has 92 valence electrons. The van der Waals surface area contributed by atoms with Gasteiger partial charge in [0.2, 0.25) is 0 Å². The van der Waals surface area contributed by atoms with Gasteiger partial charge in [0.05, 0.1) is 25.0 Å². The summed E-state index contributed by atoms with van der Waals surface area (Å²) in [5.41, 5.74) is 5.70. The first-order valence-corrected chi connectivity index (χ1v) is 5.29. The van der Waals surface area contributed by atoms with E-state index in [-0.39, 0.29) is 6.04 Å². The minimum absolute atomic E-state index is 0.0125. The number of nitrogens with two attached hydrogens (primary N) is 1. The highest BCUT2D eigenvalue weighted by molar-refractivity contribution is 5.05. The van der Waals surface area contributed by atoms with Gasteiger partial charge in [0.1, 0.15) is 5.76 Å². The molecule has 0 bridgehead atoms. The molecule has 3 N–H and O–H groups in total. The lowest BCUT2D eigenvalue weighted by molar-refractivity contribution is 0.0326. The van der Waals surface area contributed by atoms with Gasteiger partial charge < -0.3 is 20.0 Å². The van der Waals surface area contributed by atoms with Crippen LogP contribution in [-0.4, -0.2) is 50.0 Å². The Kier molecular flexibility index (Phi) is 5.48. The maximum atomic E-state index is 9.62. The summed E-state index contributed by atoms with van der Waals surface area (Å²) in [4.78, 5) is 1.96. The van der Waals surface area contributed by atoms with Gasteiger partial charge in [-0.2, -0.15) is 0 Å². The number of ether oxygens (including phenoxy) is 1. The van der Waals surface area contributed by atoms with Crippen LogP contribution in [0.25, 0.3) is 0 Å². The molecule has 1 aromatic rings. The smallest absolute Gasteiger partial charge is 0.122 e. The Balaban J connectivity index is 2.53. The number of nitrogens with zero attached hydrogens (tertiary/aromatic N) is 1. The van der Waals surface area contributed by atoms with E-state index < -0.39 is 6.10 Å². The average molecular weight is 228 g/mol. The fourth-order valence-electron chi connectivity index (χ4n) is 1.70. The van der Waals surface area contributed by atoms with Crippen molar-refractivity contribution in [1.82, 2.24) is 4.90 Å². The number of methoxy groups -OCH3 is 1. The molecule has 0 aliphatic carbocycles. The van der Waals surface area contributed by atoms with Gasteiger partial charge in [-0.15, -0.1) is 0 Å². The molecule has 0 aliphatic heterocycles. The first kappa shape index (κ1) is 13.2. The van der Waals surface area contributed by atoms with Gasteiger partial charge in [0, 0.05) is 20.2 Å². The molecule has 0 saturated heterocycles. The largest absolute Gasteiger partial charge is 0.468 e. The van der Waals surface area contributed by atoms with Crippen molar-refractivity contribution in [2.24, 2.45) is 5.73 Å². The number of furan rings is 1. The number of aliphatic hydroxyl groups is 1. The summed E-state index contributed by atoms with van der Waals surface area (Å²) in [7, 11) is 3.47. The molecule has 0 aromatic carbocycles. The molecule has 2 atom stereocenters. The van der Waals surface area contributed by atoms with Crippen LogP contribution in [0.1, 0.15) is 11.8 Å². The fraction of sp³-hybridized carbons (Fsp3) is 0.636. The molecule has 1 heterocycles. The molecule has 16 heavy (non-hydrogen) atoms. The van der Waals surface area contributed by atoms with E-state index in [1.54, 1.807) is 13.4 Å². The normalized spacial score (nSPS) is 15.3. The number of rotatable bonds is 7. The Labute approximate surface area is 95.8 Å². The standard InChI is InChI=1S/C11H20N2O3/c1-13(7-9(14)8-15-2)10(6-12)11-4-3-5-16-11/h3-5,9-10,14H,6-8,12H2,1-2H3. The number of hydrogen-bond donors (Lipinski definition) is 2. The summed E-state index contributed by atoms with van der Waals surface area (Å²) in [5.74, 6) is 0.814. The van der Waals surface area contributed by atoms with Crippen LogP contribution in [0.15, 0.2) is 22.8 Å². The van der Waals surface area contributed by atoms with E-state index in [2.05, 4.69) is 0 Å². The third kappa shape index (κ3) is 3.61. The van der Waals surface area contributed by atoms with Crippen molar-refractivity contribution in [3.8, 4) is 0 Å². The molecule has 5 heteroatoms. The lowest BCUT2D eigenvalue weighted by atomic mass is 10.2. The summed E-state index contributed by atoms with van der Waals surface area (Å²) in [6.45, 7) is 1.26. The first-order chi connectivity index (χ1) is 7.69. The quantitative estimate of drug-likeness (QED) is 0.698. The van der Waals surface area contributed by atoms with E-state index in [1.807, 2.05) is 24.1 Å². The van der Waals surface area contributed by atoms with Crippen LogP contribution in [0.4, 0.5) is 0 Å². The Hall–Kier alpha value is -0.880. The van der Waals surface area contributed by atoms with Gasteiger partial charge in [-0.3, -0.25) is 4.90 Å². The molecule has 0 aliphatic rings. The summed E-state index contributed by atoms with van der Waals surface area (Å²) < 4.78 is 10.2. The summed E-state index contributed by atoms with van der Waals surface area (Å²) in [6.07, 6.45) is 1.11. The van der Waals surface area contributed by atoms with Crippen LogP contribution in [-0.2, 0) is 4.74 Å². The lowest BCUT2D eigenvalue weighted by Crippen LogP contribution is -2.37. The van der Waals surface area contributed by atoms with E-state index in [9.17, 15) is 5.11 Å². The van der Waals surface area contributed by atoms with Gasteiger partial charge in [0.25, 0.3) is 0 Å². The average Bonchev–Trinajstić information content (AvgIpc) is 2.72. The Morgan fingerprint density at radius 2 is 2.38 bits per heavy atom. The molecule has 0 saturated carbocycles. The zero-order valence-electron chi connectivity index (χ0n) is 9.80. The van der Waals surface area contributed by atoms with Crippen LogP contribution >= 0.6 is 0 Å². The van der Waals surface area contributed by atoms with Crippen molar-refractivity contribution < 1.29 is 14.3 Å². The molecule has 1 aromatic heterocycles. The fourth-order valence-corrected chi connectivity index (χ4v) is 1.70. The Morgan fingerprint density at radius 3 is 2.88 bits per heavy atom. The van der Waals surface area contributed by atoms with Crippen LogP contribution in [0.5, 0.6) is 0 Å². The zero-order valence-corrected chi connectivity index (χ0v) is 9.80. The summed E-state index contributed by atoms with van der Waals surface area (Å²) in [5, 5.41) is 9.62. The van der Waals surface area contributed by atoms with E-state index in [1.165, 1.54) is 0 Å². The summed E-state index contributed by atoms with van der Waals surface area (Å²) >= 11 is 0. The van der Waals surface area contributed by atoms with E-state index in [0.29, 0.717) is 19.7 Å². The minimum Gasteiger partial charge on any atom is -0.468 e. The van der Waals surface area contributed by atoms with Gasteiger partial charge in [-0.05, 0) is 19.2 Å². The minimum atomic E-state index is -0.515. The van der Waals surface area contributed by atoms with Crippen LogP contribution < -0.4 is 5.73 Å². The predicted octanol–water partition coefficient (Wildman–Crippen LogP) is 0.219. The van der Waals surface area contributed by atoms with E-state index in [0.717, 1.165) is 5.76 Å². The second-order valence-corrected chi connectivity index (χ2v) is 3.82.